The second-order valence-electron chi connectivity index (χ2n) is 3.80. The highest BCUT2D eigenvalue weighted by Crippen LogP contribution is 2.26. The third-order valence-electron chi connectivity index (χ3n) is 2.49. The molecule has 1 aromatic heterocycles. The summed E-state index contributed by atoms with van der Waals surface area (Å²) >= 11 is 5.81. The van der Waals surface area contributed by atoms with E-state index in [1.54, 1.807) is 6.20 Å². The van der Waals surface area contributed by atoms with Crippen LogP contribution in [-0.4, -0.2) is 17.0 Å². The number of hydrogen-bond acceptors (Lipinski definition) is 4. The monoisotopic (exact) mass is 248 g/mol. The van der Waals surface area contributed by atoms with Crippen molar-refractivity contribution in [1.29, 1.82) is 0 Å². The van der Waals surface area contributed by atoms with E-state index in [4.69, 9.17) is 17.3 Å². The van der Waals surface area contributed by atoms with Gasteiger partial charge in [-0.15, -0.1) is 0 Å². The van der Waals surface area contributed by atoms with Crippen molar-refractivity contribution in [2.45, 2.75) is 6.92 Å². The van der Waals surface area contributed by atoms with Gasteiger partial charge < -0.3 is 10.6 Å². The van der Waals surface area contributed by atoms with Gasteiger partial charge >= 0.3 is 0 Å². The standard InChI is InChI=1S/C12H13ClN4/c1-8-7-15-12(13)16-11(8)17(2)10-5-3-4-9(14)6-10/h3-7H,14H2,1-2H3. The molecule has 0 aliphatic heterocycles. The molecule has 0 unspecified atom stereocenters. The van der Waals surface area contributed by atoms with Crippen molar-refractivity contribution in [3.05, 3.63) is 41.3 Å². The van der Waals surface area contributed by atoms with Crippen molar-refractivity contribution in [3.63, 3.8) is 0 Å². The van der Waals surface area contributed by atoms with Gasteiger partial charge in [0, 0.05) is 30.2 Å². The molecule has 0 saturated carbocycles. The first kappa shape index (κ1) is 11.7. The van der Waals surface area contributed by atoms with Crippen molar-refractivity contribution >= 4 is 28.8 Å². The normalized spacial score (nSPS) is 10.3. The van der Waals surface area contributed by atoms with Gasteiger partial charge in [-0.05, 0) is 36.7 Å². The molecule has 17 heavy (non-hydrogen) atoms. The Kier molecular flexibility index (Phi) is 3.15. The summed E-state index contributed by atoms with van der Waals surface area (Å²) in [7, 11) is 1.92. The highest BCUT2D eigenvalue weighted by molar-refractivity contribution is 6.28. The SMILES string of the molecule is Cc1cnc(Cl)nc1N(C)c1cccc(N)c1. The summed E-state index contributed by atoms with van der Waals surface area (Å²) in [6.07, 6.45) is 1.70. The Labute approximate surface area is 105 Å². The first-order chi connectivity index (χ1) is 8.08. The molecule has 0 saturated heterocycles. The Balaban J connectivity index is 2.43. The molecule has 1 heterocycles. The average Bonchev–Trinajstić information content (AvgIpc) is 2.31. The van der Waals surface area contributed by atoms with Crippen molar-refractivity contribution in [3.8, 4) is 0 Å². The van der Waals surface area contributed by atoms with Crippen LogP contribution >= 0.6 is 11.6 Å². The fourth-order valence-corrected chi connectivity index (χ4v) is 1.74. The highest BCUT2D eigenvalue weighted by Gasteiger charge is 2.10. The van der Waals surface area contributed by atoms with Crippen molar-refractivity contribution in [1.82, 2.24) is 9.97 Å². The number of anilines is 3. The molecule has 0 spiro atoms. The minimum atomic E-state index is 0.237. The van der Waals surface area contributed by atoms with E-state index in [9.17, 15) is 0 Å². The maximum atomic E-state index is 5.81. The summed E-state index contributed by atoms with van der Waals surface area (Å²) < 4.78 is 0. The van der Waals surface area contributed by atoms with Gasteiger partial charge in [0.2, 0.25) is 5.28 Å². The summed E-state index contributed by atoms with van der Waals surface area (Å²) in [4.78, 5) is 10.1. The highest BCUT2D eigenvalue weighted by atomic mass is 35.5. The number of benzene rings is 1. The van der Waals surface area contributed by atoms with E-state index >= 15 is 0 Å². The number of hydrogen-bond donors (Lipinski definition) is 1. The number of halogens is 1. The van der Waals surface area contributed by atoms with Crippen LogP contribution in [0, 0.1) is 6.92 Å². The van der Waals surface area contributed by atoms with E-state index in [1.807, 2.05) is 43.1 Å². The third-order valence-corrected chi connectivity index (χ3v) is 2.67. The predicted octanol–water partition coefficient (Wildman–Crippen LogP) is 2.79. The Morgan fingerprint density at radius 1 is 1.35 bits per heavy atom. The second-order valence-corrected chi connectivity index (χ2v) is 4.14. The van der Waals surface area contributed by atoms with Crippen LogP contribution in [0.5, 0.6) is 0 Å². The van der Waals surface area contributed by atoms with Crippen molar-refractivity contribution in [2.24, 2.45) is 0 Å². The van der Waals surface area contributed by atoms with Crippen LogP contribution in [0.25, 0.3) is 0 Å². The summed E-state index contributed by atoms with van der Waals surface area (Å²) in [5.74, 6) is 0.774. The Morgan fingerprint density at radius 2 is 2.12 bits per heavy atom. The molecule has 2 N–H and O–H groups in total. The lowest BCUT2D eigenvalue weighted by molar-refractivity contribution is 1.05. The molecule has 1 aromatic carbocycles. The molecule has 0 amide bonds. The van der Waals surface area contributed by atoms with Crippen molar-refractivity contribution < 1.29 is 0 Å². The maximum absolute atomic E-state index is 5.81. The zero-order valence-corrected chi connectivity index (χ0v) is 10.4. The van der Waals surface area contributed by atoms with Gasteiger partial charge in [-0.2, -0.15) is 4.98 Å². The molecular weight excluding hydrogens is 236 g/mol. The number of aryl methyl sites for hydroxylation is 1. The molecule has 0 aliphatic carbocycles. The van der Waals surface area contributed by atoms with Gasteiger partial charge in [-0.25, -0.2) is 4.98 Å². The molecule has 2 aromatic rings. The maximum Gasteiger partial charge on any atom is 0.224 e. The predicted molar refractivity (Wildman–Crippen MR) is 70.7 cm³/mol. The summed E-state index contributed by atoms with van der Waals surface area (Å²) in [5.41, 5.74) is 8.39. The van der Waals surface area contributed by atoms with Crippen LogP contribution in [0.1, 0.15) is 5.56 Å². The molecule has 5 heteroatoms. The molecule has 0 aliphatic rings. The number of aromatic nitrogens is 2. The van der Waals surface area contributed by atoms with Crippen LogP contribution in [-0.2, 0) is 0 Å². The molecule has 4 nitrogen and oxygen atoms in total. The fourth-order valence-electron chi connectivity index (χ4n) is 1.61. The van der Waals surface area contributed by atoms with Gasteiger partial charge in [0.05, 0.1) is 0 Å². The minimum Gasteiger partial charge on any atom is -0.399 e. The average molecular weight is 249 g/mol. The van der Waals surface area contributed by atoms with Crippen LogP contribution in [0.3, 0.4) is 0 Å². The Hall–Kier alpha value is -1.81. The lowest BCUT2D eigenvalue weighted by Crippen LogP contribution is -2.13. The molecule has 0 fully saturated rings. The molecule has 2 rings (SSSR count). The number of nitrogens with two attached hydrogens (primary N) is 1. The van der Waals surface area contributed by atoms with Crippen LogP contribution in [0.15, 0.2) is 30.5 Å². The van der Waals surface area contributed by atoms with Gasteiger partial charge in [-0.1, -0.05) is 6.07 Å². The smallest absolute Gasteiger partial charge is 0.224 e. The van der Waals surface area contributed by atoms with Crippen LogP contribution < -0.4 is 10.6 Å². The van der Waals surface area contributed by atoms with E-state index in [0.29, 0.717) is 5.69 Å². The molecule has 0 atom stereocenters. The van der Waals surface area contributed by atoms with E-state index in [-0.39, 0.29) is 5.28 Å². The molecule has 0 bridgehead atoms. The molecular formula is C12H13ClN4. The van der Waals surface area contributed by atoms with Crippen molar-refractivity contribution in [2.75, 3.05) is 17.7 Å². The molecule has 88 valence electrons. The summed E-state index contributed by atoms with van der Waals surface area (Å²) in [5, 5.41) is 0.237. The lowest BCUT2D eigenvalue weighted by atomic mass is 10.2. The first-order valence-electron chi connectivity index (χ1n) is 5.16. The van der Waals surface area contributed by atoms with Crippen LogP contribution in [0.2, 0.25) is 5.28 Å². The van der Waals surface area contributed by atoms with E-state index in [0.717, 1.165) is 17.1 Å². The van der Waals surface area contributed by atoms with Gasteiger partial charge in [0.25, 0.3) is 0 Å². The first-order valence-corrected chi connectivity index (χ1v) is 5.54. The third kappa shape index (κ3) is 2.47. The minimum absolute atomic E-state index is 0.237. The van der Waals surface area contributed by atoms with E-state index in [2.05, 4.69) is 9.97 Å². The number of nitrogens with zero attached hydrogens (tertiary/aromatic N) is 3. The Morgan fingerprint density at radius 3 is 2.82 bits per heavy atom. The Bertz CT molecular complexity index is 542. The second kappa shape index (κ2) is 4.59. The van der Waals surface area contributed by atoms with E-state index in [1.165, 1.54) is 0 Å². The number of nitrogen functional groups attached to an aromatic ring is 1. The summed E-state index contributed by atoms with van der Waals surface area (Å²) in [6, 6.07) is 7.59. The topological polar surface area (TPSA) is 55.0 Å². The summed E-state index contributed by atoms with van der Waals surface area (Å²) in [6.45, 7) is 1.94. The zero-order chi connectivity index (χ0) is 12.4. The quantitative estimate of drug-likeness (QED) is 0.656. The van der Waals surface area contributed by atoms with Gasteiger partial charge in [0.1, 0.15) is 5.82 Å². The largest absolute Gasteiger partial charge is 0.399 e. The lowest BCUT2D eigenvalue weighted by Gasteiger charge is -2.20. The van der Waals surface area contributed by atoms with E-state index < -0.39 is 0 Å². The molecule has 0 radical (unpaired) electrons. The van der Waals surface area contributed by atoms with Gasteiger partial charge in [-0.3, -0.25) is 0 Å². The zero-order valence-electron chi connectivity index (χ0n) is 9.68. The van der Waals surface area contributed by atoms with Gasteiger partial charge in [0.15, 0.2) is 0 Å². The fraction of sp³-hybridized carbons (Fsp3) is 0.167. The number of rotatable bonds is 2. The van der Waals surface area contributed by atoms with Crippen LogP contribution in [0.4, 0.5) is 17.2 Å².